The SMILES string of the molecule is CC(O)CC(C)NC(=O)C(C)C(N)c1ccccc1. The van der Waals surface area contributed by atoms with Crippen LogP contribution >= 0.6 is 0 Å². The lowest BCUT2D eigenvalue weighted by Gasteiger charge is -2.23. The molecule has 0 aromatic heterocycles. The molecule has 1 aromatic carbocycles. The standard InChI is InChI=1S/C15H24N2O2/c1-10(9-11(2)18)17-15(19)12(3)14(16)13-7-5-4-6-8-13/h4-8,10-12,14,18H,9,16H2,1-3H3,(H,17,19). The van der Waals surface area contributed by atoms with Crippen molar-refractivity contribution in [2.24, 2.45) is 11.7 Å². The highest BCUT2D eigenvalue weighted by atomic mass is 16.3. The van der Waals surface area contributed by atoms with Gasteiger partial charge in [-0.25, -0.2) is 0 Å². The topological polar surface area (TPSA) is 75.3 Å². The number of carbonyl (C=O) groups excluding carboxylic acids is 1. The highest BCUT2D eigenvalue weighted by Gasteiger charge is 2.23. The van der Waals surface area contributed by atoms with E-state index in [1.54, 1.807) is 6.92 Å². The van der Waals surface area contributed by atoms with Crippen LogP contribution in [0.25, 0.3) is 0 Å². The fourth-order valence-corrected chi connectivity index (χ4v) is 2.07. The van der Waals surface area contributed by atoms with Crippen LogP contribution in [0.4, 0.5) is 0 Å². The van der Waals surface area contributed by atoms with Crippen LogP contribution in [0.15, 0.2) is 30.3 Å². The molecule has 0 aliphatic rings. The Bertz CT molecular complexity index is 392. The summed E-state index contributed by atoms with van der Waals surface area (Å²) in [6, 6.07) is 9.22. The van der Waals surface area contributed by atoms with Gasteiger partial charge in [-0.2, -0.15) is 0 Å². The molecular formula is C15H24N2O2. The molecule has 0 fully saturated rings. The lowest BCUT2D eigenvalue weighted by atomic mass is 9.94. The average Bonchev–Trinajstić information content (AvgIpc) is 2.36. The molecule has 4 unspecified atom stereocenters. The first-order valence-electron chi connectivity index (χ1n) is 6.70. The summed E-state index contributed by atoms with van der Waals surface area (Å²) in [7, 11) is 0. The van der Waals surface area contributed by atoms with E-state index in [2.05, 4.69) is 5.32 Å². The minimum Gasteiger partial charge on any atom is -0.393 e. The second-order valence-corrected chi connectivity index (χ2v) is 5.22. The largest absolute Gasteiger partial charge is 0.393 e. The molecule has 4 nitrogen and oxygen atoms in total. The van der Waals surface area contributed by atoms with Crippen molar-refractivity contribution in [1.82, 2.24) is 5.32 Å². The Morgan fingerprint density at radius 2 is 1.84 bits per heavy atom. The van der Waals surface area contributed by atoms with Gasteiger partial charge >= 0.3 is 0 Å². The molecule has 0 bridgehead atoms. The predicted molar refractivity (Wildman–Crippen MR) is 76.4 cm³/mol. The van der Waals surface area contributed by atoms with Crippen LogP contribution in [-0.2, 0) is 4.79 Å². The molecule has 0 saturated heterocycles. The summed E-state index contributed by atoms with van der Waals surface area (Å²) in [5.41, 5.74) is 7.06. The van der Waals surface area contributed by atoms with Crippen LogP contribution in [0.5, 0.6) is 0 Å². The lowest BCUT2D eigenvalue weighted by molar-refractivity contribution is -0.125. The third kappa shape index (κ3) is 5.01. The summed E-state index contributed by atoms with van der Waals surface area (Å²) in [4.78, 5) is 12.1. The van der Waals surface area contributed by atoms with E-state index in [0.29, 0.717) is 6.42 Å². The molecule has 106 valence electrons. The Balaban J connectivity index is 2.57. The van der Waals surface area contributed by atoms with E-state index < -0.39 is 6.10 Å². The van der Waals surface area contributed by atoms with E-state index in [-0.39, 0.29) is 23.9 Å². The fraction of sp³-hybridized carbons (Fsp3) is 0.533. The molecule has 4 heteroatoms. The van der Waals surface area contributed by atoms with E-state index in [4.69, 9.17) is 5.73 Å². The molecule has 4 atom stereocenters. The molecule has 0 radical (unpaired) electrons. The van der Waals surface area contributed by atoms with Crippen LogP contribution in [0.2, 0.25) is 0 Å². The first-order chi connectivity index (χ1) is 8.91. The molecule has 0 aliphatic heterocycles. The summed E-state index contributed by atoms with van der Waals surface area (Å²) in [6.45, 7) is 5.41. The zero-order valence-corrected chi connectivity index (χ0v) is 11.8. The number of hydrogen-bond donors (Lipinski definition) is 3. The van der Waals surface area contributed by atoms with Crippen LogP contribution in [0.1, 0.15) is 38.8 Å². The monoisotopic (exact) mass is 264 g/mol. The van der Waals surface area contributed by atoms with Crippen molar-refractivity contribution in [2.75, 3.05) is 0 Å². The van der Waals surface area contributed by atoms with E-state index >= 15 is 0 Å². The summed E-state index contributed by atoms with van der Waals surface area (Å²) >= 11 is 0. The van der Waals surface area contributed by atoms with Gasteiger partial charge in [0.25, 0.3) is 0 Å². The van der Waals surface area contributed by atoms with E-state index in [0.717, 1.165) is 5.56 Å². The summed E-state index contributed by atoms with van der Waals surface area (Å²) in [5.74, 6) is -0.386. The van der Waals surface area contributed by atoms with Crippen LogP contribution in [0.3, 0.4) is 0 Å². The fourth-order valence-electron chi connectivity index (χ4n) is 2.07. The van der Waals surface area contributed by atoms with Crippen LogP contribution in [-0.4, -0.2) is 23.2 Å². The van der Waals surface area contributed by atoms with Gasteiger partial charge in [-0.05, 0) is 25.8 Å². The molecule has 1 amide bonds. The van der Waals surface area contributed by atoms with Crippen molar-refractivity contribution in [3.8, 4) is 0 Å². The van der Waals surface area contributed by atoms with Gasteiger partial charge in [0.05, 0.1) is 12.0 Å². The molecule has 0 saturated carbocycles. The van der Waals surface area contributed by atoms with Crippen molar-refractivity contribution >= 4 is 5.91 Å². The normalized spacial score (nSPS) is 17.3. The molecule has 19 heavy (non-hydrogen) atoms. The van der Waals surface area contributed by atoms with Gasteiger partial charge in [0.15, 0.2) is 0 Å². The first-order valence-corrected chi connectivity index (χ1v) is 6.70. The minimum absolute atomic E-state index is 0.0575. The minimum atomic E-state index is -0.423. The Morgan fingerprint density at radius 1 is 1.26 bits per heavy atom. The zero-order valence-electron chi connectivity index (χ0n) is 11.8. The smallest absolute Gasteiger partial charge is 0.224 e. The second-order valence-electron chi connectivity index (χ2n) is 5.22. The first kappa shape index (κ1) is 15.7. The third-order valence-electron chi connectivity index (χ3n) is 3.22. The number of nitrogens with one attached hydrogen (secondary N) is 1. The zero-order chi connectivity index (χ0) is 14.4. The van der Waals surface area contributed by atoms with Crippen molar-refractivity contribution in [2.45, 2.75) is 45.4 Å². The number of aliphatic hydroxyl groups is 1. The highest BCUT2D eigenvalue weighted by Crippen LogP contribution is 2.19. The maximum absolute atomic E-state index is 12.1. The number of benzene rings is 1. The molecule has 0 aliphatic carbocycles. The average molecular weight is 264 g/mol. The number of hydrogen-bond acceptors (Lipinski definition) is 3. The third-order valence-corrected chi connectivity index (χ3v) is 3.22. The maximum Gasteiger partial charge on any atom is 0.224 e. The number of amides is 1. The number of aliphatic hydroxyl groups excluding tert-OH is 1. The van der Waals surface area contributed by atoms with Gasteiger partial charge in [0.1, 0.15) is 0 Å². The van der Waals surface area contributed by atoms with Gasteiger partial charge in [-0.1, -0.05) is 37.3 Å². The molecule has 1 rings (SSSR count). The van der Waals surface area contributed by atoms with Crippen molar-refractivity contribution in [3.63, 3.8) is 0 Å². The number of nitrogens with two attached hydrogens (primary N) is 1. The number of rotatable bonds is 6. The Kier molecular flexibility index (Phi) is 5.99. The van der Waals surface area contributed by atoms with E-state index in [1.165, 1.54) is 0 Å². The molecular weight excluding hydrogens is 240 g/mol. The van der Waals surface area contributed by atoms with Gasteiger partial charge in [-0.15, -0.1) is 0 Å². The molecule has 0 spiro atoms. The maximum atomic E-state index is 12.1. The summed E-state index contributed by atoms with van der Waals surface area (Å²) in [6.07, 6.45) is 0.118. The van der Waals surface area contributed by atoms with Crippen molar-refractivity contribution in [3.05, 3.63) is 35.9 Å². The predicted octanol–water partition coefficient (Wildman–Crippen LogP) is 1.60. The van der Waals surface area contributed by atoms with Gasteiger partial charge in [0, 0.05) is 12.1 Å². The van der Waals surface area contributed by atoms with Crippen LogP contribution in [0, 0.1) is 5.92 Å². The Morgan fingerprint density at radius 3 is 2.37 bits per heavy atom. The summed E-state index contributed by atoms with van der Waals surface area (Å²) < 4.78 is 0. The molecule has 4 N–H and O–H groups in total. The van der Waals surface area contributed by atoms with Crippen LogP contribution < -0.4 is 11.1 Å². The van der Waals surface area contributed by atoms with Crippen molar-refractivity contribution < 1.29 is 9.90 Å². The Labute approximate surface area is 115 Å². The lowest BCUT2D eigenvalue weighted by Crippen LogP contribution is -2.41. The van der Waals surface area contributed by atoms with Crippen molar-refractivity contribution in [1.29, 1.82) is 0 Å². The van der Waals surface area contributed by atoms with Gasteiger partial charge < -0.3 is 16.2 Å². The molecule has 0 heterocycles. The quantitative estimate of drug-likeness (QED) is 0.730. The second kappa shape index (κ2) is 7.26. The number of carbonyl (C=O) groups is 1. The van der Waals surface area contributed by atoms with Gasteiger partial charge in [-0.3, -0.25) is 4.79 Å². The van der Waals surface area contributed by atoms with E-state index in [1.807, 2.05) is 44.2 Å². The molecule has 1 aromatic rings. The summed E-state index contributed by atoms with van der Waals surface area (Å²) in [5, 5.41) is 12.2. The van der Waals surface area contributed by atoms with E-state index in [9.17, 15) is 9.90 Å². The van der Waals surface area contributed by atoms with Gasteiger partial charge in [0.2, 0.25) is 5.91 Å². The Hall–Kier alpha value is -1.39. The highest BCUT2D eigenvalue weighted by molar-refractivity contribution is 5.79.